The van der Waals surface area contributed by atoms with E-state index < -0.39 is 11.9 Å². The highest BCUT2D eigenvalue weighted by Crippen LogP contribution is 2.16. The fourth-order valence-corrected chi connectivity index (χ4v) is 2.68. The molecule has 1 unspecified atom stereocenters. The summed E-state index contributed by atoms with van der Waals surface area (Å²) in [4.78, 5) is 25.6. The van der Waals surface area contributed by atoms with Crippen molar-refractivity contribution in [3.05, 3.63) is 60.2 Å². The lowest BCUT2D eigenvalue weighted by Gasteiger charge is -2.21. The summed E-state index contributed by atoms with van der Waals surface area (Å²) in [6.45, 7) is 0.922. The molecule has 2 N–H and O–H groups in total. The van der Waals surface area contributed by atoms with Crippen molar-refractivity contribution in [3.63, 3.8) is 0 Å². The normalized spacial score (nSPS) is 11.8. The number of nitrogens with zero attached hydrogens (tertiary/aromatic N) is 1. The van der Waals surface area contributed by atoms with Gasteiger partial charge in [-0.05, 0) is 36.9 Å². The second-order valence-electron chi connectivity index (χ2n) is 6.20. The molecule has 0 aliphatic heterocycles. The molecule has 0 bridgehead atoms. The van der Waals surface area contributed by atoms with Gasteiger partial charge in [0.25, 0.3) is 0 Å². The molecule has 138 valence electrons. The molecule has 0 saturated heterocycles. The Hall–Kier alpha value is -2.86. The minimum Gasteiger partial charge on any atom is -0.497 e. The number of hydrogen-bond donors (Lipinski definition) is 2. The van der Waals surface area contributed by atoms with Crippen LogP contribution in [-0.4, -0.2) is 42.6 Å². The Bertz CT molecular complexity index is 716. The van der Waals surface area contributed by atoms with Crippen molar-refractivity contribution in [1.82, 2.24) is 4.90 Å². The molecule has 0 aromatic heterocycles. The fourth-order valence-electron chi connectivity index (χ4n) is 2.68. The third-order valence-corrected chi connectivity index (χ3v) is 3.98. The number of rotatable bonds is 9. The first-order valence-electron chi connectivity index (χ1n) is 8.37. The minimum atomic E-state index is -0.977. The lowest BCUT2D eigenvalue weighted by molar-refractivity contribution is -0.144. The maximum absolute atomic E-state index is 12.2. The van der Waals surface area contributed by atoms with Crippen LogP contribution in [-0.2, 0) is 16.1 Å². The van der Waals surface area contributed by atoms with E-state index in [1.807, 2.05) is 42.3 Å². The van der Waals surface area contributed by atoms with Gasteiger partial charge in [0, 0.05) is 25.2 Å². The van der Waals surface area contributed by atoms with E-state index in [1.54, 1.807) is 31.4 Å². The molecule has 2 aromatic carbocycles. The molecule has 0 aliphatic rings. The predicted octanol–water partition coefficient (Wildman–Crippen LogP) is 2.86. The van der Waals surface area contributed by atoms with E-state index in [-0.39, 0.29) is 12.3 Å². The number of methoxy groups -OCH3 is 1. The molecule has 2 aromatic rings. The van der Waals surface area contributed by atoms with Gasteiger partial charge in [0.1, 0.15) is 5.75 Å². The number of carboxylic acids is 1. The third-order valence-electron chi connectivity index (χ3n) is 3.98. The van der Waals surface area contributed by atoms with Gasteiger partial charge in [0.2, 0.25) is 5.91 Å². The van der Waals surface area contributed by atoms with Crippen LogP contribution in [0, 0.1) is 5.92 Å². The Labute approximate surface area is 153 Å². The largest absolute Gasteiger partial charge is 0.497 e. The highest BCUT2D eigenvalue weighted by atomic mass is 16.5. The minimum absolute atomic E-state index is 0.0828. The van der Waals surface area contributed by atoms with E-state index in [2.05, 4.69) is 5.32 Å². The van der Waals surface area contributed by atoms with Gasteiger partial charge in [-0.1, -0.05) is 30.3 Å². The first kappa shape index (κ1) is 19.5. The average Bonchev–Trinajstić information content (AvgIpc) is 2.62. The van der Waals surface area contributed by atoms with Crippen LogP contribution in [0.4, 0.5) is 5.69 Å². The van der Waals surface area contributed by atoms with Crippen molar-refractivity contribution in [2.75, 3.05) is 26.0 Å². The fraction of sp³-hybridized carbons (Fsp3) is 0.300. The number of amides is 1. The molecule has 0 saturated carbocycles. The SMILES string of the molecule is COc1ccc(NC(=O)CC(CN(C)Cc2ccccc2)C(=O)O)cc1. The first-order chi connectivity index (χ1) is 12.5. The Morgan fingerprint density at radius 1 is 1.12 bits per heavy atom. The monoisotopic (exact) mass is 356 g/mol. The molecular weight excluding hydrogens is 332 g/mol. The van der Waals surface area contributed by atoms with Crippen LogP contribution in [0.15, 0.2) is 54.6 Å². The Kier molecular flexibility index (Phi) is 7.17. The summed E-state index contributed by atoms with van der Waals surface area (Å²) >= 11 is 0. The molecule has 2 rings (SSSR count). The van der Waals surface area contributed by atoms with Gasteiger partial charge in [-0.3, -0.25) is 9.59 Å². The number of carbonyl (C=O) groups is 2. The summed E-state index contributed by atoms with van der Waals surface area (Å²) < 4.78 is 5.07. The molecule has 0 aliphatic carbocycles. The molecule has 0 spiro atoms. The van der Waals surface area contributed by atoms with Crippen LogP contribution < -0.4 is 10.1 Å². The molecule has 26 heavy (non-hydrogen) atoms. The van der Waals surface area contributed by atoms with E-state index >= 15 is 0 Å². The number of aliphatic carboxylic acids is 1. The van der Waals surface area contributed by atoms with Crippen molar-refractivity contribution in [1.29, 1.82) is 0 Å². The summed E-state index contributed by atoms with van der Waals surface area (Å²) in [5, 5.41) is 12.2. The Balaban J connectivity index is 1.89. The van der Waals surface area contributed by atoms with Crippen molar-refractivity contribution in [2.24, 2.45) is 5.92 Å². The topological polar surface area (TPSA) is 78.9 Å². The van der Waals surface area contributed by atoms with Crippen molar-refractivity contribution in [2.45, 2.75) is 13.0 Å². The van der Waals surface area contributed by atoms with Crippen LogP contribution >= 0.6 is 0 Å². The summed E-state index contributed by atoms with van der Waals surface area (Å²) in [5.41, 5.74) is 1.71. The Morgan fingerprint density at radius 3 is 2.35 bits per heavy atom. The quantitative estimate of drug-likeness (QED) is 0.722. The summed E-state index contributed by atoms with van der Waals surface area (Å²) in [6.07, 6.45) is -0.0828. The van der Waals surface area contributed by atoms with Gasteiger partial charge < -0.3 is 20.1 Å². The predicted molar refractivity (Wildman–Crippen MR) is 100 cm³/mol. The van der Waals surface area contributed by atoms with Crippen LogP contribution in [0.1, 0.15) is 12.0 Å². The van der Waals surface area contributed by atoms with Gasteiger partial charge in [-0.25, -0.2) is 0 Å². The van der Waals surface area contributed by atoms with Crippen molar-refractivity contribution < 1.29 is 19.4 Å². The van der Waals surface area contributed by atoms with Gasteiger partial charge in [-0.15, -0.1) is 0 Å². The number of nitrogens with one attached hydrogen (secondary N) is 1. The molecule has 6 heteroatoms. The third kappa shape index (κ3) is 6.22. The second-order valence-corrected chi connectivity index (χ2v) is 6.20. The van der Waals surface area contributed by atoms with Gasteiger partial charge in [-0.2, -0.15) is 0 Å². The zero-order valence-corrected chi connectivity index (χ0v) is 15.0. The summed E-state index contributed by atoms with van der Waals surface area (Å²) in [7, 11) is 3.42. The van der Waals surface area contributed by atoms with Crippen LogP contribution in [0.25, 0.3) is 0 Å². The zero-order valence-electron chi connectivity index (χ0n) is 15.0. The first-order valence-corrected chi connectivity index (χ1v) is 8.37. The highest BCUT2D eigenvalue weighted by Gasteiger charge is 2.23. The second kappa shape index (κ2) is 9.58. The standard InChI is InChI=1S/C20H24N2O4/c1-22(13-15-6-4-3-5-7-15)14-16(20(24)25)12-19(23)21-17-8-10-18(26-2)11-9-17/h3-11,16H,12-14H2,1-2H3,(H,21,23)(H,24,25). The van der Waals surface area contributed by atoms with Crippen LogP contribution in [0.5, 0.6) is 5.75 Å². The van der Waals surface area contributed by atoms with Gasteiger partial charge >= 0.3 is 5.97 Å². The van der Waals surface area contributed by atoms with Crippen LogP contribution in [0.3, 0.4) is 0 Å². The zero-order chi connectivity index (χ0) is 18.9. The number of carboxylic acid groups (broad SMARTS) is 1. The van der Waals surface area contributed by atoms with E-state index in [9.17, 15) is 14.7 Å². The van der Waals surface area contributed by atoms with Crippen molar-refractivity contribution >= 4 is 17.6 Å². The van der Waals surface area contributed by atoms with Gasteiger partial charge in [0.05, 0.1) is 13.0 Å². The van der Waals surface area contributed by atoms with E-state index in [4.69, 9.17) is 4.74 Å². The average molecular weight is 356 g/mol. The number of anilines is 1. The van der Waals surface area contributed by atoms with Crippen LogP contribution in [0.2, 0.25) is 0 Å². The highest BCUT2D eigenvalue weighted by molar-refractivity contribution is 5.93. The number of hydrogen-bond acceptors (Lipinski definition) is 4. The van der Waals surface area contributed by atoms with E-state index in [1.165, 1.54) is 0 Å². The van der Waals surface area contributed by atoms with Gasteiger partial charge in [0.15, 0.2) is 0 Å². The number of carbonyl (C=O) groups excluding carboxylic acids is 1. The van der Waals surface area contributed by atoms with E-state index in [0.29, 0.717) is 24.5 Å². The summed E-state index contributed by atoms with van der Waals surface area (Å²) in [5.74, 6) is -1.39. The molecule has 1 amide bonds. The lowest BCUT2D eigenvalue weighted by atomic mass is 10.0. The molecular formula is C20H24N2O4. The molecule has 0 radical (unpaired) electrons. The molecule has 1 atom stereocenters. The maximum Gasteiger partial charge on any atom is 0.308 e. The Morgan fingerprint density at radius 2 is 1.77 bits per heavy atom. The smallest absolute Gasteiger partial charge is 0.308 e. The molecule has 6 nitrogen and oxygen atoms in total. The lowest BCUT2D eigenvalue weighted by Crippen LogP contribution is -2.33. The number of ether oxygens (including phenoxy) is 1. The van der Waals surface area contributed by atoms with E-state index in [0.717, 1.165) is 5.56 Å². The molecule has 0 heterocycles. The maximum atomic E-state index is 12.2. The van der Waals surface area contributed by atoms with Crippen molar-refractivity contribution in [3.8, 4) is 5.75 Å². The molecule has 0 fully saturated rings. The number of benzene rings is 2. The summed E-state index contributed by atoms with van der Waals surface area (Å²) in [6, 6.07) is 16.7.